The lowest BCUT2D eigenvalue weighted by atomic mass is 10.2. The lowest BCUT2D eigenvalue weighted by Crippen LogP contribution is -2.24. The largest absolute Gasteiger partial charge is 0.359 e. The van der Waals surface area contributed by atoms with Crippen LogP contribution in [0.5, 0.6) is 0 Å². The second-order valence-electron chi connectivity index (χ2n) is 3.33. The Hall–Kier alpha value is -0.360. The van der Waals surface area contributed by atoms with Crippen molar-refractivity contribution in [2.45, 2.75) is 31.9 Å². The van der Waals surface area contributed by atoms with Crippen molar-refractivity contribution in [3.05, 3.63) is 0 Å². The molecule has 6 heteroatoms. The number of carbonyl (C=O) groups excluding carboxylic acids is 2. The van der Waals surface area contributed by atoms with E-state index in [2.05, 4.69) is 17.6 Å². The van der Waals surface area contributed by atoms with E-state index < -0.39 is 0 Å². The highest BCUT2D eigenvalue weighted by molar-refractivity contribution is 8.77. The fraction of sp³-hybridized carbons (Fsp3) is 0.800. The average Bonchev–Trinajstić information content (AvgIpc) is 2.26. The molecule has 0 saturated carbocycles. The number of amides is 2. The molecule has 0 rings (SSSR count). The Balaban J connectivity index is 3.46. The van der Waals surface area contributed by atoms with E-state index in [4.69, 9.17) is 0 Å². The monoisotopic (exact) mass is 264 g/mol. The van der Waals surface area contributed by atoms with Crippen LogP contribution < -0.4 is 10.6 Å². The van der Waals surface area contributed by atoms with Crippen LogP contribution in [0.1, 0.15) is 26.7 Å². The summed E-state index contributed by atoms with van der Waals surface area (Å²) in [5.41, 5.74) is 0. The van der Waals surface area contributed by atoms with Gasteiger partial charge in [0.05, 0.1) is 5.75 Å². The molecule has 94 valence electrons. The molecule has 0 aromatic carbocycles. The Morgan fingerprint density at radius 1 is 1.31 bits per heavy atom. The van der Waals surface area contributed by atoms with Gasteiger partial charge >= 0.3 is 0 Å². The second-order valence-corrected chi connectivity index (χ2v) is 6.14. The van der Waals surface area contributed by atoms with Crippen molar-refractivity contribution in [2.24, 2.45) is 0 Å². The molecular weight excluding hydrogens is 244 g/mol. The van der Waals surface area contributed by atoms with Gasteiger partial charge in [0.2, 0.25) is 11.8 Å². The summed E-state index contributed by atoms with van der Waals surface area (Å²) in [4.78, 5) is 22.1. The first-order valence-electron chi connectivity index (χ1n) is 5.35. The van der Waals surface area contributed by atoms with Crippen LogP contribution in [0.4, 0.5) is 0 Å². The van der Waals surface area contributed by atoms with E-state index in [9.17, 15) is 9.59 Å². The topological polar surface area (TPSA) is 58.2 Å². The van der Waals surface area contributed by atoms with Gasteiger partial charge in [-0.15, -0.1) is 0 Å². The minimum atomic E-state index is 0.0681. The predicted octanol–water partition coefficient (Wildman–Crippen LogP) is 1.42. The van der Waals surface area contributed by atoms with Crippen LogP contribution in [0, 0.1) is 0 Å². The summed E-state index contributed by atoms with van der Waals surface area (Å²) < 4.78 is 0. The summed E-state index contributed by atoms with van der Waals surface area (Å²) in [5.74, 6) is 0.614. The van der Waals surface area contributed by atoms with Crippen molar-refractivity contribution in [1.82, 2.24) is 10.6 Å². The molecule has 0 spiro atoms. The van der Waals surface area contributed by atoms with Gasteiger partial charge in [-0.1, -0.05) is 28.5 Å². The molecule has 0 heterocycles. The maximum Gasteiger partial charge on any atom is 0.230 e. The van der Waals surface area contributed by atoms with E-state index in [1.54, 1.807) is 28.6 Å². The first kappa shape index (κ1) is 15.6. The van der Waals surface area contributed by atoms with E-state index in [0.29, 0.717) is 24.0 Å². The molecule has 1 unspecified atom stereocenters. The smallest absolute Gasteiger partial charge is 0.230 e. The van der Waals surface area contributed by atoms with Gasteiger partial charge in [0.25, 0.3) is 0 Å². The minimum Gasteiger partial charge on any atom is -0.359 e. The summed E-state index contributed by atoms with van der Waals surface area (Å²) >= 11 is 0. The molecule has 0 aliphatic carbocycles. The van der Waals surface area contributed by atoms with Crippen molar-refractivity contribution in [2.75, 3.05) is 19.3 Å². The standard InChI is InChI=1S/C10H20N2O2S2/c1-4-12-10(14)7-15-16-8(2)5-6-9(13)11-3/h8H,4-7H2,1-3H3,(H,11,13)(H,12,14). The number of hydrogen-bond acceptors (Lipinski definition) is 4. The molecular formula is C10H20N2O2S2. The average molecular weight is 264 g/mol. The summed E-state index contributed by atoms with van der Waals surface area (Å²) in [6.45, 7) is 4.65. The third-order valence-corrected chi connectivity index (χ3v) is 4.68. The Bertz CT molecular complexity index is 225. The molecule has 0 aromatic heterocycles. The van der Waals surface area contributed by atoms with Crippen molar-refractivity contribution in [1.29, 1.82) is 0 Å². The Morgan fingerprint density at radius 3 is 2.56 bits per heavy atom. The second kappa shape index (κ2) is 9.84. The molecule has 0 aliphatic rings. The van der Waals surface area contributed by atoms with Gasteiger partial charge in [-0.05, 0) is 13.3 Å². The zero-order chi connectivity index (χ0) is 12.4. The molecule has 0 aliphatic heterocycles. The van der Waals surface area contributed by atoms with E-state index in [0.717, 1.165) is 6.42 Å². The van der Waals surface area contributed by atoms with Gasteiger partial charge in [0, 0.05) is 25.3 Å². The van der Waals surface area contributed by atoms with Gasteiger partial charge < -0.3 is 10.6 Å². The molecule has 0 radical (unpaired) electrons. The fourth-order valence-electron chi connectivity index (χ4n) is 0.959. The molecule has 2 amide bonds. The Morgan fingerprint density at radius 2 is 2.00 bits per heavy atom. The molecule has 2 N–H and O–H groups in total. The van der Waals surface area contributed by atoms with Crippen LogP contribution in [0.3, 0.4) is 0 Å². The summed E-state index contributed by atoms with van der Waals surface area (Å²) in [6, 6.07) is 0. The van der Waals surface area contributed by atoms with Crippen molar-refractivity contribution >= 4 is 33.4 Å². The summed E-state index contributed by atoms with van der Waals surface area (Å²) in [7, 11) is 4.84. The van der Waals surface area contributed by atoms with E-state index in [-0.39, 0.29) is 11.8 Å². The molecule has 0 aromatic rings. The first-order chi connectivity index (χ1) is 7.60. The van der Waals surface area contributed by atoms with Crippen LogP contribution >= 0.6 is 21.6 Å². The lowest BCUT2D eigenvalue weighted by molar-refractivity contribution is -0.120. The van der Waals surface area contributed by atoms with Gasteiger partial charge in [0.15, 0.2) is 0 Å². The van der Waals surface area contributed by atoms with E-state index in [1.807, 2.05) is 6.92 Å². The molecule has 4 nitrogen and oxygen atoms in total. The third kappa shape index (κ3) is 8.91. The predicted molar refractivity (Wildman–Crippen MR) is 71.5 cm³/mol. The van der Waals surface area contributed by atoms with Crippen LogP contribution in [0.25, 0.3) is 0 Å². The van der Waals surface area contributed by atoms with E-state index >= 15 is 0 Å². The minimum absolute atomic E-state index is 0.0681. The summed E-state index contributed by atoms with van der Waals surface area (Å²) in [6.07, 6.45) is 1.39. The highest BCUT2D eigenvalue weighted by Gasteiger charge is 2.07. The quantitative estimate of drug-likeness (QED) is 0.651. The molecule has 0 saturated heterocycles. The SMILES string of the molecule is CCNC(=O)CSSC(C)CCC(=O)NC. The zero-order valence-corrected chi connectivity index (χ0v) is 11.7. The van der Waals surface area contributed by atoms with Crippen LogP contribution in [-0.2, 0) is 9.59 Å². The Labute approximate surface area is 105 Å². The van der Waals surface area contributed by atoms with Crippen molar-refractivity contribution < 1.29 is 9.59 Å². The van der Waals surface area contributed by atoms with E-state index in [1.165, 1.54) is 0 Å². The van der Waals surface area contributed by atoms with Crippen LogP contribution in [0.15, 0.2) is 0 Å². The van der Waals surface area contributed by atoms with Gasteiger partial charge in [-0.2, -0.15) is 0 Å². The van der Waals surface area contributed by atoms with Gasteiger partial charge in [-0.3, -0.25) is 9.59 Å². The number of carbonyl (C=O) groups is 2. The zero-order valence-electron chi connectivity index (χ0n) is 10.0. The molecule has 0 bridgehead atoms. The maximum atomic E-state index is 11.1. The molecule has 0 fully saturated rings. The molecule has 1 atom stereocenters. The first-order valence-corrected chi connectivity index (χ1v) is 7.73. The lowest BCUT2D eigenvalue weighted by Gasteiger charge is -2.09. The maximum absolute atomic E-state index is 11.1. The highest BCUT2D eigenvalue weighted by Crippen LogP contribution is 2.28. The summed E-state index contributed by atoms with van der Waals surface area (Å²) in [5, 5.41) is 5.72. The van der Waals surface area contributed by atoms with Crippen LogP contribution in [-0.4, -0.2) is 36.4 Å². The van der Waals surface area contributed by atoms with Gasteiger partial charge in [0.1, 0.15) is 0 Å². The van der Waals surface area contributed by atoms with Crippen LogP contribution in [0.2, 0.25) is 0 Å². The number of hydrogen-bond donors (Lipinski definition) is 2. The fourth-order valence-corrected chi connectivity index (χ4v) is 3.19. The number of nitrogens with one attached hydrogen (secondary N) is 2. The normalized spacial score (nSPS) is 11.9. The molecule has 16 heavy (non-hydrogen) atoms. The van der Waals surface area contributed by atoms with Crippen molar-refractivity contribution in [3.8, 4) is 0 Å². The number of rotatable bonds is 8. The van der Waals surface area contributed by atoms with Gasteiger partial charge in [-0.25, -0.2) is 0 Å². The Kier molecular flexibility index (Phi) is 9.62. The third-order valence-electron chi connectivity index (χ3n) is 1.85. The van der Waals surface area contributed by atoms with Crippen molar-refractivity contribution in [3.63, 3.8) is 0 Å². The highest BCUT2D eigenvalue weighted by atomic mass is 33.1.